The van der Waals surface area contributed by atoms with Crippen LogP contribution in [0.5, 0.6) is 0 Å². The van der Waals surface area contributed by atoms with E-state index in [1.165, 1.54) is 0 Å². The Hall–Kier alpha value is -1.88. The Balaban J connectivity index is 2.01. The quantitative estimate of drug-likeness (QED) is 0.782. The van der Waals surface area contributed by atoms with Gasteiger partial charge in [0.25, 0.3) is 5.91 Å². The summed E-state index contributed by atoms with van der Waals surface area (Å²) < 4.78 is 0. The fraction of sp³-hybridized carbons (Fsp3) is 0.467. The average molecular weight is 275 g/mol. The second-order valence-corrected chi connectivity index (χ2v) is 6.03. The number of imidazole rings is 1. The van der Waals surface area contributed by atoms with Gasteiger partial charge in [-0.3, -0.25) is 4.79 Å². The predicted octanol–water partition coefficient (Wildman–Crippen LogP) is 2.09. The molecule has 1 aromatic carbocycles. The third kappa shape index (κ3) is 3.57. The van der Waals surface area contributed by atoms with Crippen LogP contribution in [-0.2, 0) is 0 Å². The molecule has 0 saturated carbocycles. The van der Waals surface area contributed by atoms with Crippen molar-refractivity contribution in [3.8, 4) is 0 Å². The molecule has 0 aliphatic rings. The molecule has 0 aliphatic heterocycles. The fourth-order valence-electron chi connectivity index (χ4n) is 2.37. The first-order valence-electron chi connectivity index (χ1n) is 6.77. The number of carbonyl (C=O) groups excluding carboxylic acids is 1. The fourth-order valence-corrected chi connectivity index (χ4v) is 2.37. The molecule has 1 heterocycles. The molecule has 1 atom stereocenters. The Labute approximate surface area is 118 Å². The molecule has 2 rings (SSSR count). The number of carbonyl (C=O) groups is 1. The van der Waals surface area contributed by atoms with Crippen LogP contribution in [0.2, 0.25) is 0 Å². The molecular formula is C15H21N3O2. The molecule has 2 aromatic rings. The number of hydrogen-bond donors (Lipinski definition) is 3. The zero-order valence-corrected chi connectivity index (χ0v) is 12.1. The number of hydrogen-bond acceptors (Lipinski definition) is 3. The average Bonchev–Trinajstić information content (AvgIpc) is 2.81. The van der Waals surface area contributed by atoms with Gasteiger partial charge in [0.2, 0.25) is 0 Å². The van der Waals surface area contributed by atoms with Crippen molar-refractivity contribution in [2.45, 2.75) is 33.3 Å². The monoisotopic (exact) mass is 275 g/mol. The Morgan fingerprint density at radius 2 is 2.25 bits per heavy atom. The van der Waals surface area contributed by atoms with E-state index in [4.69, 9.17) is 0 Å². The minimum absolute atomic E-state index is 0.111. The van der Waals surface area contributed by atoms with Crippen molar-refractivity contribution in [3.63, 3.8) is 0 Å². The molecule has 0 radical (unpaired) electrons. The summed E-state index contributed by atoms with van der Waals surface area (Å²) in [6.45, 7) is 6.34. The minimum Gasteiger partial charge on any atom is -0.393 e. The number of amides is 1. The van der Waals surface area contributed by atoms with E-state index in [1.807, 2.05) is 19.9 Å². The molecule has 0 aliphatic carbocycles. The molecular weight excluding hydrogens is 254 g/mol. The maximum Gasteiger partial charge on any atom is 0.251 e. The highest BCUT2D eigenvalue weighted by Crippen LogP contribution is 2.21. The first-order valence-corrected chi connectivity index (χ1v) is 6.77. The second kappa shape index (κ2) is 5.63. The predicted molar refractivity (Wildman–Crippen MR) is 78.5 cm³/mol. The van der Waals surface area contributed by atoms with Crippen molar-refractivity contribution >= 4 is 16.9 Å². The number of aromatic amines is 1. The van der Waals surface area contributed by atoms with Crippen molar-refractivity contribution in [3.05, 3.63) is 30.1 Å². The smallest absolute Gasteiger partial charge is 0.251 e. The van der Waals surface area contributed by atoms with E-state index in [0.717, 1.165) is 11.0 Å². The van der Waals surface area contributed by atoms with Crippen molar-refractivity contribution in [1.29, 1.82) is 0 Å². The summed E-state index contributed by atoms with van der Waals surface area (Å²) in [7, 11) is 0. The standard InChI is InChI=1S/C15H21N3O2/c1-10(19)7-15(2,3)8-16-14(20)11-4-5-12-13(6-11)18-9-17-12/h4-6,9-10,19H,7-8H2,1-3H3,(H,16,20)(H,17,18). The van der Waals surface area contributed by atoms with Gasteiger partial charge in [-0.25, -0.2) is 4.98 Å². The number of rotatable bonds is 5. The first-order chi connectivity index (χ1) is 9.37. The Morgan fingerprint density at radius 3 is 2.95 bits per heavy atom. The molecule has 1 unspecified atom stereocenters. The van der Waals surface area contributed by atoms with E-state index in [1.54, 1.807) is 25.4 Å². The summed E-state index contributed by atoms with van der Waals surface area (Å²) in [6.07, 6.45) is 1.88. The number of H-pyrrole nitrogens is 1. The van der Waals surface area contributed by atoms with Gasteiger partial charge in [-0.05, 0) is 37.0 Å². The summed E-state index contributed by atoms with van der Waals surface area (Å²) in [5.74, 6) is -0.111. The van der Waals surface area contributed by atoms with Crippen molar-refractivity contribution in [2.75, 3.05) is 6.54 Å². The van der Waals surface area contributed by atoms with E-state index in [0.29, 0.717) is 18.5 Å². The minimum atomic E-state index is -0.372. The summed E-state index contributed by atoms with van der Waals surface area (Å²) >= 11 is 0. The van der Waals surface area contributed by atoms with Crippen molar-refractivity contribution in [2.24, 2.45) is 5.41 Å². The summed E-state index contributed by atoms with van der Waals surface area (Å²) in [6, 6.07) is 5.38. The van der Waals surface area contributed by atoms with E-state index >= 15 is 0 Å². The van der Waals surface area contributed by atoms with E-state index < -0.39 is 0 Å². The van der Waals surface area contributed by atoms with Gasteiger partial charge >= 0.3 is 0 Å². The van der Waals surface area contributed by atoms with Crippen molar-refractivity contribution in [1.82, 2.24) is 15.3 Å². The third-order valence-electron chi connectivity index (χ3n) is 3.26. The van der Waals surface area contributed by atoms with Crippen LogP contribution < -0.4 is 5.32 Å². The molecule has 1 amide bonds. The van der Waals surface area contributed by atoms with Crippen LogP contribution in [0.3, 0.4) is 0 Å². The third-order valence-corrected chi connectivity index (χ3v) is 3.26. The molecule has 0 fully saturated rings. The topological polar surface area (TPSA) is 78.0 Å². The lowest BCUT2D eigenvalue weighted by Gasteiger charge is -2.26. The zero-order chi connectivity index (χ0) is 14.8. The van der Waals surface area contributed by atoms with Crippen LogP contribution in [0.25, 0.3) is 11.0 Å². The van der Waals surface area contributed by atoms with E-state index in [9.17, 15) is 9.90 Å². The summed E-state index contributed by atoms with van der Waals surface area (Å²) in [5, 5.41) is 12.4. The molecule has 1 aromatic heterocycles. The SMILES string of the molecule is CC(O)CC(C)(C)CNC(=O)c1ccc2nc[nH]c2c1. The Kier molecular flexibility index (Phi) is 4.09. The van der Waals surface area contributed by atoms with Crippen LogP contribution in [0.1, 0.15) is 37.6 Å². The molecule has 5 nitrogen and oxygen atoms in total. The maximum atomic E-state index is 12.1. The van der Waals surface area contributed by atoms with Gasteiger partial charge in [-0.15, -0.1) is 0 Å². The molecule has 108 valence electrons. The van der Waals surface area contributed by atoms with Gasteiger partial charge in [-0.1, -0.05) is 13.8 Å². The highest BCUT2D eigenvalue weighted by Gasteiger charge is 2.21. The van der Waals surface area contributed by atoms with Crippen LogP contribution in [0, 0.1) is 5.41 Å². The largest absolute Gasteiger partial charge is 0.393 e. The Bertz CT molecular complexity index is 602. The number of fused-ring (bicyclic) bond motifs is 1. The summed E-state index contributed by atoms with van der Waals surface area (Å²) in [4.78, 5) is 19.2. The molecule has 0 bridgehead atoms. The number of aliphatic hydroxyl groups is 1. The van der Waals surface area contributed by atoms with Gasteiger partial charge in [0, 0.05) is 12.1 Å². The van der Waals surface area contributed by atoms with Gasteiger partial charge in [0.1, 0.15) is 0 Å². The van der Waals surface area contributed by atoms with E-state index in [2.05, 4.69) is 15.3 Å². The highest BCUT2D eigenvalue weighted by atomic mass is 16.3. The lowest BCUT2D eigenvalue weighted by atomic mass is 9.87. The molecule has 0 saturated heterocycles. The molecule has 0 spiro atoms. The highest BCUT2D eigenvalue weighted by molar-refractivity contribution is 5.97. The molecule has 20 heavy (non-hydrogen) atoms. The van der Waals surface area contributed by atoms with Crippen molar-refractivity contribution < 1.29 is 9.90 Å². The van der Waals surface area contributed by atoms with Gasteiger partial charge in [-0.2, -0.15) is 0 Å². The number of aromatic nitrogens is 2. The number of benzene rings is 1. The Morgan fingerprint density at radius 1 is 1.50 bits per heavy atom. The lowest BCUT2D eigenvalue weighted by molar-refractivity contribution is 0.0902. The second-order valence-electron chi connectivity index (χ2n) is 6.03. The van der Waals surface area contributed by atoms with Crippen LogP contribution in [0.4, 0.5) is 0 Å². The first kappa shape index (κ1) is 14.5. The molecule has 3 N–H and O–H groups in total. The van der Waals surface area contributed by atoms with Gasteiger partial charge in [0.05, 0.1) is 23.5 Å². The molecule has 5 heteroatoms. The number of nitrogens with one attached hydrogen (secondary N) is 2. The summed E-state index contributed by atoms with van der Waals surface area (Å²) in [5.41, 5.74) is 2.16. The number of nitrogens with zero attached hydrogens (tertiary/aromatic N) is 1. The van der Waals surface area contributed by atoms with Crippen LogP contribution in [-0.4, -0.2) is 33.6 Å². The van der Waals surface area contributed by atoms with Crippen LogP contribution in [0.15, 0.2) is 24.5 Å². The maximum absolute atomic E-state index is 12.1. The van der Waals surface area contributed by atoms with Gasteiger partial charge in [0.15, 0.2) is 0 Å². The van der Waals surface area contributed by atoms with Gasteiger partial charge < -0.3 is 15.4 Å². The number of aliphatic hydroxyl groups excluding tert-OH is 1. The lowest BCUT2D eigenvalue weighted by Crippen LogP contribution is -2.35. The van der Waals surface area contributed by atoms with E-state index in [-0.39, 0.29) is 17.4 Å². The van der Waals surface area contributed by atoms with Crippen LogP contribution >= 0.6 is 0 Å². The normalized spacial score (nSPS) is 13.4. The zero-order valence-electron chi connectivity index (χ0n) is 12.1.